The first kappa shape index (κ1) is 17.4. The summed E-state index contributed by atoms with van der Waals surface area (Å²) in [5, 5.41) is 13.6. The number of urea groups is 1. The number of hydrogen-bond acceptors (Lipinski definition) is 4. The SMILES string of the molecule is CC(C)C[C@H](CNC(=O)N[C@H](C)c1nncn1C)N(C)C. The highest BCUT2D eigenvalue weighted by Gasteiger charge is 2.17. The van der Waals surface area contributed by atoms with Gasteiger partial charge in [-0.3, -0.25) is 0 Å². The van der Waals surface area contributed by atoms with Crippen molar-refractivity contribution >= 4 is 6.03 Å². The molecule has 0 aliphatic rings. The van der Waals surface area contributed by atoms with E-state index in [2.05, 4.69) is 39.6 Å². The summed E-state index contributed by atoms with van der Waals surface area (Å²) in [5.41, 5.74) is 0. The van der Waals surface area contributed by atoms with E-state index in [0.717, 1.165) is 12.2 Å². The third-order valence-electron chi connectivity index (χ3n) is 3.45. The van der Waals surface area contributed by atoms with Crippen molar-refractivity contribution < 1.29 is 4.79 Å². The molecule has 0 unspecified atom stereocenters. The average Bonchev–Trinajstić information content (AvgIpc) is 2.80. The van der Waals surface area contributed by atoms with Crippen LogP contribution in [0.1, 0.15) is 39.1 Å². The summed E-state index contributed by atoms with van der Waals surface area (Å²) < 4.78 is 1.80. The van der Waals surface area contributed by atoms with Gasteiger partial charge in [0.05, 0.1) is 6.04 Å². The average molecular weight is 296 g/mol. The molecule has 21 heavy (non-hydrogen) atoms. The van der Waals surface area contributed by atoms with E-state index in [0.29, 0.717) is 18.5 Å². The summed E-state index contributed by atoms with van der Waals surface area (Å²) >= 11 is 0. The second kappa shape index (κ2) is 7.97. The second-order valence-corrected chi connectivity index (χ2v) is 6.12. The number of aryl methyl sites for hydroxylation is 1. The van der Waals surface area contributed by atoms with E-state index in [1.807, 2.05) is 28.1 Å². The monoisotopic (exact) mass is 296 g/mol. The Kier molecular flexibility index (Phi) is 6.61. The van der Waals surface area contributed by atoms with Gasteiger partial charge in [0.25, 0.3) is 0 Å². The Morgan fingerprint density at radius 3 is 2.52 bits per heavy atom. The van der Waals surface area contributed by atoms with Gasteiger partial charge in [-0.2, -0.15) is 0 Å². The number of likely N-dealkylation sites (N-methyl/N-ethyl adjacent to an activating group) is 1. The first-order valence-corrected chi connectivity index (χ1v) is 7.36. The summed E-state index contributed by atoms with van der Waals surface area (Å²) in [4.78, 5) is 14.1. The summed E-state index contributed by atoms with van der Waals surface area (Å²) in [5.74, 6) is 1.33. The van der Waals surface area contributed by atoms with Crippen molar-refractivity contribution in [2.45, 2.75) is 39.3 Å². The van der Waals surface area contributed by atoms with Crippen LogP contribution in [0.4, 0.5) is 4.79 Å². The van der Waals surface area contributed by atoms with Gasteiger partial charge in [-0.25, -0.2) is 4.79 Å². The molecule has 0 saturated carbocycles. The van der Waals surface area contributed by atoms with E-state index in [4.69, 9.17) is 0 Å². The molecule has 7 nitrogen and oxygen atoms in total. The molecule has 1 rings (SSSR count). The quantitative estimate of drug-likeness (QED) is 0.791. The number of aromatic nitrogens is 3. The van der Waals surface area contributed by atoms with E-state index in [-0.39, 0.29) is 12.1 Å². The number of amides is 2. The fourth-order valence-electron chi connectivity index (χ4n) is 2.23. The maximum absolute atomic E-state index is 12.0. The van der Waals surface area contributed by atoms with Crippen molar-refractivity contribution in [1.29, 1.82) is 0 Å². The van der Waals surface area contributed by atoms with Crippen molar-refractivity contribution in [3.63, 3.8) is 0 Å². The van der Waals surface area contributed by atoms with Gasteiger partial charge < -0.3 is 20.1 Å². The van der Waals surface area contributed by atoms with Crippen LogP contribution in [-0.4, -0.2) is 52.4 Å². The minimum atomic E-state index is -0.180. The Hall–Kier alpha value is -1.63. The maximum atomic E-state index is 12.0. The predicted octanol–water partition coefficient (Wildman–Crippen LogP) is 1.15. The van der Waals surface area contributed by atoms with Gasteiger partial charge in [-0.1, -0.05) is 13.8 Å². The van der Waals surface area contributed by atoms with E-state index in [1.165, 1.54) is 0 Å². The molecule has 0 radical (unpaired) electrons. The Balaban J connectivity index is 2.44. The number of carbonyl (C=O) groups excluding carboxylic acids is 1. The fourth-order valence-corrected chi connectivity index (χ4v) is 2.23. The van der Waals surface area contributed by atoms with Crippen LogP contribution >= 0.6 is 0 Å². The Bertz CT molecular complexity index is 442. The molecule has 0 aliphatic carbocycles. The molecule has 7 heteroatoms. The van der Waals surface area contributed by atoms with Crippen molar-refractivity contribution in [3.8, 4) is 0 Å². The molecule has 0 aromatic carbocycles. The van der Waals surface area contributed by atoms with Gasteiger partial charge in [0.15, 0.2) is 5.82 Å². The van der Waals surface area contributed by atoms with Crippen LogP contribution < -0.4 is 10.6 Å². The lowest BCUT2D eigenvalue weighted by Crippen LogP contribution is -2.45. The zero-order valence-corrected chi connectivity index (χ0v) is 13.9. The Labute approximate surface area is 127 Å². The van der Waals surface area contributed by atoms with Crippen molar-refractivity contribution in [2.75, 3.05) is 20.6 Å². The molecule has 1 aromatic heterocycles. The van der Waals surface area contributed by atoms with Crippen molar-refractivity contribution in [3.05, 3.63) is 12.2 Å². The molecular weight excluding hydrogens is 268 g/mol. The Morgan fingerprint density at radius 2 is 2.05 bits per heavy atom. The molecule has 0 bridgehead atoms. The minimum Gasteiger partial charge on any atom is -0.337 e. The zero-order chi connectivity index (χ0) is 16.0. The van der Waals surface area contributed by atoms with Crippen molar-refractivity contribution in [2.24, 2.45) is 13.0 Å². The normalized spacial score (nSPS) is 14.3. The third kappa shape index (κ3) is 5.71. The van der Waals surface area contributed by atoms with E-state index in [9.17, 15) is 4.79 Å². The van der Waals surface area contributed by atoms with E-state index < -0.39 is 0 Å². The standard InChI is InChI=1S/C14H28N6O/c1-10(2)7-12(19(4)5)8-15-14(21)17-11(3)13-18-16-9-20(13)6/h9-12H,7-8H2,1-6H3,(H2,15,17,21)/t11-,12-/m1/s1. The van der Waals surface area contributed by atoms with Crippen LogP contribution in [0.15, 0.2) is 6.33 Å². The lowest BCUT2D eigenvalue weighted by atomic mass is 10.0. The molecule has 1 heterocycles. The highest BCUT2D eigenvalue weighted by atomic mass is 16.2. The van der Waals surface area contributed by atoms with Crippen LogP contribution in [0.2, 0.25) is 0 Å². The number of nitrogens with zero attached hydrogens (tertiary/aromatic N) is 4. The third-order valence-corrected chi connectivity index (χ3v) is 3.45. The topological polar surface area (TPSA) is 75.1 Å². The number of nitrogens with one attached hydrogen (secondary N) is 2. The zero-order valence-electron chi connectivity index (χ0n) is 13.9. The summed E-state index contributed by atoms with van der Waals surface area (Å²) in [6, 6.07) is -0.0256. The molecule has 0 fully saturated rings. The van der Waals surface area contributed by atoms with Gasteiger partial charge >= 0.3 is 6.03 Å². The van der Waals surface area contributed by atoms with Crippen LogP contribution in [0.25, 0.3) is 0 Å². The first-order valence-electron chi connectivity index (χ1n) is 7.36. The highest BCUT2D eigenvalue weighted by Crippen LogP contribution is 2.09. The summed E-state index contributed by atoms with van der Waals surface area (Å²) in [6.07, 6.45) is 2.67. The largest absolute Gasteiger partial charge is 0.337 e. The summed E-state index contributed by atoms with van der Waals surface area (Å²) in [6.45, 7) is 6.89. The summed E-state index contributed by atoms with van der Waals surface area (Å²) in [7, 11) is 5.93. The van der Waals surface area contributed by atoms with Crippen molar-refractivity contribution in [1.82, 2.24) is 30.3 Å². The van der Waals surface area contributed by atoms with E-state index >= 15 is 0 Å². The van der Waals surface area contributed by atoms with Crippen LogP contribution in [-0.2, 0) is 7.05 Å². The molecule has 0 saturated heterocycles. The molecule has 2 amide bonds. The predicted molar refractivity (Wildman–Crippen MR) is 82.9 cm³/mol. The van der Waals surface area contributed by atoms with Gasteiger partial charge in [0.1, 0.15) is 6.33 Å². The molecule has 0 spiro atoms. The molecule has 120 valence electrons. The van der Waals surface area contributed by atoms with E-state index in [1.54, 1.807) is 10.9 Å². The number of hydrogen-bond donors (Lipinski definition) is 2. The van der Waals surface area contributed by atoms with Crippen LogP contribution in [0.3, 0.4) is 0 Å². The first-order chi connectivity index (χ1) is 9.81. The lowest BCUT2D eigenvalue weighted by molar-refractivity contribution is 0.221. The molecule has 0 aliphatic heterocycles. The molecule has 1 aromatic rings. The van der Waals surface area contributed by atoms with Gasteiger partial charge in [0, 0.05) is 19.6 Å². The highest BCUT2D eigenvalue weighted by molar-refractivity contribution is 5.74. The van der Waals surface area contributed by atoms with Gasteiger partial charge in [-0.05, 0) is 33.4 Å². The van der Waals surface area contributed by atoms with Crippen LogP contribution in [0.5, 0.6) is 0 Å². The minimum absolute atomic E-state index is 0.180. The maximum Gasteiger partial charge on any atom is 0.315 e. The van der Waals surface area contributed by atoms with Crippen LogP contribution in [0, 0.1) is 5.92 Å². The number of rotatable bonds is 7. The Morgan fingerprint density at radius 1 is 1.38 bits per heavy atom. The number of carbonyl (C=O) groups is 1. The fraction of sp³-hybridized carbons (Fsp3) is 0.786. The molecule has 2 atom stereocenters. The van der Waals surface area contributed by atoms with Gasteiger partial charge in [-0.15, -0.1) is 10.2 Å². The molecule has 2 N–H and O–H groups in total. The second-order valence-electron chi connectivity index (χ2n) is 6.12. The molecular formula is C14H28N6O. The lowest BCUT2D eigenvalue weighted by Gasteiger charge is -2.26. The smallest absolute Gasteiger partial charge is 0.315 e. The van der Waals surface area contributed by atoms with Gasteiger partial charge in [0.2, 0.25) is 0 Å².